The normalized spacial score (nSPS) is 19.1. The Hall–Kier alpha value is -4.84. The first-order chi connectivity index (χ1) is 25.7. The fourth-order valence-electron chi connectivity index (χ4n) is 7.96. The van der Waals surface area contributed by atoms with Crippen molar-refractivity contribution in [2.75, 3.05) is 58.1 Å². The molecule has 0 radical (unpaired) electrons. The molecule has 3 fully saturated rings. The molecule has 0 saturated carbocycles. The molecular weight excluding hydrogens is 722 g/mol. The van der Waals surface area contributed by atoms with E-state index in [1.165, 1.54) is 9.80 Å². The fraction of sp³-hybridized carbons (Fsp3) is 0.500. The molecule has 4 N–H and O–H groups in total. The summed E-state index contributed by atoms with van der Waals surface area (Å²) in [6.07, 6.45) is -9.70. The predicted molar refractivity (Wildman–Crippen MR) is 187 cm³/mol. The van der Waals surface area contributed by atoms with Crippen LogP contribution < -0.4 is 16.7 Å². The van der Waals surface area contributed by atoms with E-state index in [0.717, 1.165) is 31.3 Å². The van der Waals surface area contributed by atoms with Crippen LogP contribution >= 0.6 is 0 Å². The van der Waals surface area contributed by atoms with E-state index >= 15 is 0 Å². The van der Waals surface area contributed by atoms with E-state index < -0.39 is 59.3 Å². The van der Waals surface area contributed by atoms with Gasteiger partial charge < -0.3 is 30.6 Å². The number of carbonyl (C=O) groups is 2. The minimum Gasteiger partial charge on any atom is -0.436 e. The number of aromatic amines is 1. The molecule has 0 spiro atoms. The van der Waals surface area contributed by atoms with E-state index in [1.54, 1.807) is 10.8 Å². The van der Waals surface area contributed by atoms with Crippen molar-refractivity contribution in [3.05, 3.63) is 69.8 Å². The maximum Gasteiger partial charge on any atom is 0.418 e. The lowest BCUT2D eigenvalue weighted by atomic mass is 9.97. The van der Waals surface area contributed by atoms with Crippen LogP contribution in [0.15, 0.2) is 47.4 Å². The molecule has 3 aliphatic rings. The molecular formula is C36H40F6N8O4. The van der Waals surface area contributed by atoms with Crippen molar-refractivity contribution in [1.29, 1.82) is 0 Å². The lowest BCUT2D eigenvalue weighted by Gasteiger charge is -2.41. The summed E-state index contributed by atoms with van der Waals surface area (Å²) in [7, 11) is 0. The number of hydrogen-bond donors (Lipinski definition) is 3. The number of alkyl halides is 6. The van der Waals surface area contributed by atoms with Gasteiger partial charge in [-0.2, -0.15) is 26.3 Å². The van der Waals surface area contributed by atoms with Crippen LogP contribution in [0.5, 0.6) is 0 Å². The van der Waals surface area contributed by atoms with Crippen LogP contribution in [0.4, 0.5) is 36.8 Å². The van der Waals surface area contributed by atoms with Crippen molar-refractivity contribution < 1.29 is 40.7 Å². The average Bonchev–Trinajstić information content (AvgIpc) is 3.50. The molecule has 0 aliphatic carbocycles. The van der Waals surface area contributed by atoms with Gasteiger partial charge in [0.25, 0.3) is 5.91 Å². The maximum absolute atomic E-state index is 14.0. The Kier molecular flexibility index (Phi) is 10.2. The monoisotopic (exact) mass is 762 g/mol. The largest absolute Gasteiger partial charge is 0.436 e. The molecule has 54 heavy (non-hydrogen) atoms. The molecule has 5 heterocycles. The van der Waals surface area contributed by atoms with Crippen LogP contribution in [0.1, 0.15) is 48.4 Å². The molecule has 3 aliphatic heterocycles. The summed E-state index contributed by atoms with van der Waals surface area (Å²) in [5, 5.41) is 4.09. The Labute approximate surface area is 305 Å². The number of para-hydroxylation sites is 1. The average molecular weight is 763 g/mol. The zero-order chi connectivity index (χ0) is 38.4. The van der Waals surface area contributed by atoms with Crippen LogP contribution in [-0.4, -0.2) is 106 Å². The second kappa shape index (κ2) is 14.8. The molecule has 7 rings (SSSR count). The van der Waals surface area contributed by atoms with Gasteiger partial charge in [-0.05, 0) is 62.5 Å². The molecule has 2 aromatic carbocycles. The van der Waals surface area contributed by atoms with Gasteiger partial charge in [-0.3, -0.25) is 19.2 Å². The predicted octanol–water partition coefficient (Wildman–Crippen LogP) is 4.78. The molecule has 12 nitrogen and oxygen atoms in total. The van der Waals surface area contributed by atoms with Gasteiger partial charge in [-0.15, -0.1) is 0 Å². The van der Waals surface area contributed by atoms with Gasteiger partial charge in [0.2, 0.25) is 0 Å². The first-order valence-corrected chi connectivity index (χ1v) is 17.9. The fourth-order valence-corrected chi connectivity index (χ4v) is 7.96. The third-order valence-corrected chi connectivity index (χ3v) is 10.8. The standard InChI is InChI=1S/C36H40F6N8O4/c37-35(38,39)25-17-21(18-26(30(25)43)36(40,41)42)19-29(32(51)48-15-13-47(14-16-48)22-5-9-44-10-6-22)54-34(53)49-11-7-23(8-12-49)50-28-20-45-27-4-2-1-3-24(27)31(28)46-33(50)52/h1-4,17-18,20,22-23,29,44H,5-16,19,43H2,(H,46,52)/t29-/m1/s1. The number of halogens is 6. The van der Waals surface area contributed by atoms with Gasteiger partial charge in [-0.1, -0.05) is 18.2 Å². The van der Waals surface area contributed by atoms with Crippen molar-refractivity contribution in [2.45, 2.75) is 62.6 Å². The molecule has 18 heteroatoms. The van der Waals surface area contributed by atoms with Crippen LogP contribution in [-0.2, 0) is 28.3 Å². The van der Waals surface area contributed by atoms with Crippen LogP contribution in [0.3, 0.4) is 0 Å². The number of fused-ring (bicyclic) bond motifs is 3. The highest BCUT2D eigenvalue weighted by Crippen LogP contribution is 2.42. The van der Waals surface area contributed by atoms with Crippen molar-refractivity contribution >= 4 is 39.6 Å². The van der Waals surface area contributed by atoms with Crippen molar-refractivity contribution in [1.82, 2.24) is 34.6 Å². The number of H-pyrrole nitrogens is 1. The van der Waals surface area contributed by atoms with Crippen LogP contribution in [0, 0.1) is 0 Å². The summed E-state index contributed by atoms with van der Waals surface area (Å²) in [6.45, 7) is 3.48. The lowest BCUT2D eigenvalue weighted by molar-refractivity contribution is -0.143. The summed E-state index contributed by atoms with van der Waals surface area (Å²) in [5.41, 5.74) is 1.58. The van der Waals surface area contributed by atoms with Crippen molar-refractivity contribution in [2.24, 2.45) is 0 Å². The number of anilines is 1. The topological polar surface area (TPSA) is 142 Å². The number of piperidine rings is 2. The number of likely N-dealkylation sites (tertiary alicyclic amines) is 1. The number of benzene rings is 2. The number of rotatable bonds is 6. The third kappa shape index (κ3) is 7.58. The number of ether oxygens (including phenoxy) is 1. The van der Waals surface area contributed by atoms with Crippen molar-refractivity contribution in [3.63, 3.8) is 0 Å². The van der Waals surface area contributed by atoms with Crippen LogP contribution in [0.2, 0.25) is 0 Å². The minimum absolute atomic E-state index is 0.109. The highest BCUT2D eigenvalue weighted by molar-refractivity contribution is 6.01. The Bertz CT molecular complexity index is 2040. The lowest BCUT2D eigenvalue weighted by Crippen LogP contribution is -2.56. The molecule has 1 atom stereocenters. The zero-order valence-corrected chi connectivity index (χ0v) is 29.2. The first kappa shape index (κ1) is 37.5. The summed E-state index contributed by atoms with van der Waals surface area (Å²) in [4.78, 5) is 53.1. The molecule has 0 unspecified atom stereocenters. The summed E-state index contributed by atoms with van der Waals surface area (Å²) in [5.74, 6) is -0.716. The Morgan fingerprint density at radius 3 is 2.13 bits per heavy atom. The SMILES string of the molecule is Nc1c(C(F)(F)F)cc(C[C@@H](OC(=O)N2CCC(n3c(=O)[nH]c4c5ccccc5ncc43)CC2)C(=O)N2CCN(C3CCNCC3)CC2)cc1C(F)(F)F. The molecule has 2 aromatic heterocycles. The van der Waals surface area contributed by atoms with Gasteiger partial charge in [0.1, 0.15) is 0 Å². The quantitative estimate of drug-likeness (QED) is 0.189. The number of nitrogens with zero attached hydrogens (tertiary/aromatic N) is 5. The Balaban J connectivity index is 1.10. The minimum atomic E-state index is -5.22. The Morgan fingerprint density at radius 1 is 0.870 bits per heavy atom. The smallest absolute Gasteiger partial charge is 0.418 e. The number of aromatic nitrogens is 3. The van der Waals surface area contributed by atoms with E-state index in [-0.39, 0.29) is 37.9 Å². The summed E-state index contributed by atoms with van der Waals surface area (Å²) >= 11 is 0. The number of amides is 2. The third-order valence-electron chi connectivity index (χ3n) is 10.8. The molecule has 2 amide bonds. The highest BCUT2D eigenvalue weighted by Gasteiger charge is 2.42. The van der Waals surface area contributed by atoms with Gasteiger partial charge >= 0.3 is 24.1 Å². The second-order valence-electron chi connectivity index (χ2n) is 14.1. The number of hydrogen-bond acceptors (Lipinski definition) is 8. The molecule has 0 bridgehead atoms. The zero-order valence-electron chi connectivity index (χ0n) is 29.2. The van der Waals surface area contributed by atoms with Crippen LogP contribution in [0.25, 0.3) is 21.9 Å². The number of nitrogens with two attached hydrogens (primary N) is 1. The van der Waals surface area contributed by atoms with E-state index in [9.17, 15) is 40.7 Å². The number of carbonyl (C=O) groups excluding carboxylic acids is 2. The van der Waals surface area contributed by atoms with E-state index in [4.69, 9.17) is 10.5 Å². The van der Waals surface area contributed by atoms with E-state index in [0.29, 0.717) is 60.7 Å². The summed E-state index contributed by atoms with van der Waals surface area (Å²) < 4.78 is 90.6. The number of pyridine rings is 1. The maximum atomic E-state index is 14.0. The number of nitrogen functional groups attached to an aromatic ring is 1. The number of imidazole rings is 1. The summed E-state index contributed by atoms with van der Waals surface area (Å²) in [6, 6.07) is 8.32. The van der Waals surface area contributed by atoms with E-state index in [2.05, 4.69) is 20.2 Å². The number of piperazine rings is 1. The highest BCUT2D eigenvalue weighted by atomic mass is 19.4. The first-order valence-electron chi connectivity index (χ1n) is 17.9. The second-order valence-corrected chi connectivity index (χ2v) is 14.1. The van der Waals surface area contributed by atoms with Gasteiger partial charge in [0, 0.05) is 63.2 Å². The van der Waals surface area contributed by atoms with Gasteiger partial charge in [0.15, 0.2) is 6.10 Å². The van der Waals surface area contributed by atoms with Crippen molar-refractivity contribution in [3.8, 4) is 0 Å². The Morgan fingerprint density at radius 2 is 1.50 bits per heavy atom. The van der Waals surface area contributed by atoms with E-state index in [1.807, 2.05) is 24.3 Å². The molecule has 3 saturated heterocycles. The number of nitrogens with one attached hydrogen (secondary N) is 2. The van der Waals surface area contributed by atoms with Gasteiger partial charge in [-0.25, -0.2) is 9.59 Å². The molecule has 4 aromatic rings. The van der Waals surface area contributed by atoms with Gasteiger partial charge in [0.05, 0.1) is 39.6 Å². The molecule has 290 valence electrons.